The van der Waals surface area contributed by atoms with Crippen LogP contribution < -0.4 is 10.6 Å². The molecule has 0 amide bonds. The molecule has 0 spiro atoms. The lowest BCUT2D eigenvalue weighted by Gasteiger charge is -2.46. The lowest BCUT2D eigenvalue weighted by atomic mass is 9.61. The van der Waals surface area contributed by atoms with Gasteiger partial charge in [-0.15, -0.1) is 0 Å². The van der Waals surface area contributed by atoms with Gasteiger partial charge < -0.3 is 5.32 Å². The van der Waals surface area contributed by atoms with Crippen molar-refractivity contribution in [2.75, 3.05) is 6.67 Å². The molecule has 148 valence electrons. The molecule has 2 aliphatic rings. The van der Waals surface area contributed by atoms with Crippen molar-refractivity contribution in [3.63, 3.8) is 0 Å². The topological polar surface area (TPSA) is 24.1 Å². The molecule has 2 saturated carbocycles. The normalized spacial score (nSPS) is 37.9. The molecule has 2 nitrogen and oxygen atoms in total. The molecule has 2 rings (SSSR count). The molecule has 2 unspecified atom stereocenters. The molecule has 2 aliphatic carbocycles. The third-order valence-corrected chi connectivity index (χ3v) is 6.66. The Hall–Kier alpha value is 0.580. The fourth-order valence-electron chi connectivity index (χ4n) is 5.14. The standard InChI is InChI=1S/C17H28Cl3F3N2/c1-14-8-4-3-5-9-15(2,10-14)13(24-11-25-17(18,19)20)7-6-12(14)16(21,22)23/h12-13,24-25H,3-11H2,1-2H3/t12?,13?,14-,15+/m1/s1. The molecule has 2 bridgehead atoms. The predicted octanol–water partition coefficient (Wildman–Crippen LogP) is 6.16. The van der Waals surface area contributed by atoms with Crippen LogP contribution in [-0.2, 0) is 0 Å². The third-order valence-electron chi connectivity index (χ3n) is 6.26. The Bertz CT molecular complexity index is 455. The molecule has 0 aliphatic heterocycles. The number of fused-ring (bicyclic) bond motifs is 2. The molecule has 25 heavy (non-hydrogen) atoms. The number of halogens is 6. The average Bonchev–Trinajstić information content (AvgIpc) is 2.51. The minimum absolute atomic E-state index is 0.0304. The minimum Gasteiger partial charge on any atom is -0.301 e. The molecule has 8 heteroatoms. The summed E-state index contributed by atoms with van der Waals surface area (Å²) in [5.41, 5.74) is -0.892. The van der Waals surface area contributed by atoms with Gasteiger partial charge in [0.05, 0.1) is 5.92 Å². The van der Waals surface area contributed by atoms with Crippen molar-refractivity contribution in [1.29, 1.82) is 0 Å². The highest BCUT2D eigenvalue weighted by molar-refractivity contribution is 6.67. The Labute approximate surface area is 163 Å². The zero-order valence-corrected chi connectivity index (χ0v) is 17.1. The summed E-state index contributed by atoms with van der Waals surface area (Å²) in [5.74, 6) is -1.25. The highest BCUT2D eigenvalue weighted by Crippen LogP contribution is 2.57. The SMILES string of the molecule is C[C@]12CCCCC[C@](C)(C1)C(C(F)(F)F)CCC2NCNC(Cl)(Cl)Cl. The Morgan fingerprint density at radius 2 is 1.56 bits per heavy atom. The van der Waals surface area contributed by atoms with E-state index in [-0.39, 0.29) is 24.5 Å². The maximum atomic E-state index is 13.8. The van der Waals surface area contributed by atoms with Crippen LogP contribution in [0.2, 0.25) is 0 Å². The largest absolute Gasteiger partial charge is 0.392 e. The third kappa shape index (κ3) is 5.78. The number of nitrogens with one attached hydrogen (secondary N) is 2. The van der Waals surface area contributed by atoms with Crippen LogP contribution in [0.4, 0.5) is 13.2 Å². The molecule has 2 fully saturated rings. The van der Waals surface area contributed by atoms with Crippen molar-refractivity contribution in [3.8, 4) is 0 Å². The van der Waals surface area contributed by atoms with Gasteiger partial charge in [0.15, 0.2) is 0 Å². The van der Waals surface area contributed by atoms with Crippen molar-refractivity contribution in [3.05, 3.63) is 0 Å². The van der Waals surface area contributed by atoms with E-state index in [1.54, 1.807) is 0 Å². The van der Waals surface area contributed by atoms with E-state index >= 15 is 0 Å². The first-order valence-corrected chi connectivity index (χ1v) is 10.1. The van der Waals surface area contributed by atoms with Gasteiger partial charge in [0, 0.05) is 12.7 Å². The van der Waals surface area contributed by atoms with Gasteiger partial charge in [-0.2, -0.15) is 13.2 Å². The Kier molecular flexibility index (Phi) is 6.92. The molecule has 0 aromatic carbocycles. The maximum Gasteiger partial charge on any atom is 0.392 e. The summed E-state index contributed by atoms with van der Waals surface area (Å²) in [6.07, 6.45) is 1.57. The average molecular weight is 424 g/mol. The van der Waals surface area contributed by atoms with Crippen LogP contribution in [0.15, 0.2) is 0 Å². The summed E-state index contributed by atoms with van der Waals surface area (Å²) in [6.45, 7) is 4.23. The summed E-state index contributed by atoms with van der Waals surface area (Å²) < 4.78 is 39.7. The van der Waals surface area contributed by atoms with Crippen LogP contribution in [0.3, 0.4) is 0 Å². The van der Waals surface area contributed by atoms with Crippen molar-refractivity contribution in [1.82, 2.24) is 10.6 Å². The van der Waals surface area contributed by atoms with Gasteiger partial charge in [0.2, 0.25) is 3.92 Å². The van der Waals surface area contributed by atoms with E-state index < -0.39 is 21.4 Å². The Morgan fingerprint density at radius 3 is 2.12 bits per heavy atom. The molecule has 0 radical (unpaired) electrons. The second kappa shape index (κ2) is 7.90. The number of hydrogen-bond donors (Lipinski definition) is 2. The van der Waals surface area contributed by atoms with Crippen molar-refractivity contribution < 1.29 is 13.2 Å². The fraction of sp³-hybridized carbons (Fsp3) is 1.00. The Balaban J connectivity index is 2.22. The fourth-order valence-corrected chi connectivity index (χ4v) is 5.34. The van der Waals surface area contributed by atoms with E-state index in [2.05, 4.69) is 17.6 Å². The zero-order valence-electron chi connectivity index (χ0n) is 14.8. The molecular weight excluding hydrogens is 396 g/mol. The molecule has 0 heterocycles. The monoisotopic (exact) mass is 422 g/mol. The van der Waals surface area contributed by atoms with Gasteiger partial charge in [-0.3, -0.25) is 5.32 Å². The van der Waals surface area contributed by atoms with Gasteiger partial charge >= 0.3 is 6.18 Å². The second-order valence-corrected chi connectivity index (χ2v) is 10.6. The zero-order chi connectivity index (χ0) is 18.9. The van der Waals surface area contributed by atoms with Crippen LogP contribution in [-0.4, -0.2) is 22.8 Å². The maximum absolute atomic E-state index is 13.8. The van der Waals surface area contributed by atoms with E-state index in [0.29, 0.717) is 19.3 Å². The molecule has 4 atom stereocenters. The van der Waals surface area contributed by atoms with Gasteiger partial charge in [-0.05, 0) is 42.9 Å². The van der Waals surface area contributed by atoms with Gasteiger partial charge in [0.25, 0.3) is 0 Å². The number of hydrogen-bond acceptors (Lipinski definition) is 2. The summed E-state index contributed by atoms with van der Waals surface area (Å²) in [5, 5.41) is 6.04. The first-order valence-electron chi connectivity index (χ1n) is 8.98. The van der Waals surface area contributed by atoms with Crippen LogP contribution in [0.25, 0.3) is 0 Å². The van der Waals surface area contributed by atoms with Crippen molar-refractivity contribution >= 4 is 34.8 Å². The first kappa shape index (κ1) is 21.9. The second-order valence-electron chi connectivity index (χ2n) is 8.33. The van der Waals surface area contributed by atoms with Crippen LogP contribution in [0.5, 0.6) is 0 Å². The van der Waals surface area contributed by atoms with Gasteiger partial charge in [0.1, 0.15) is 0 Å². The van der Waals surface area contributed by atoms with Crippen LogP contribution >= 0.6 is 34.8 Å². The highest BCUT2D eigenvalue weighted by atomic mass is 35.6. The molecule has 0 aromatic rings. The van der Waals surface area contributed by atoms with Crippen LogP contribution in [0, 0.1) is 16.7 Å². The molecule has 0 saturated heterocycles. The van der Waals surface area contributed by atoms with E-state index in [9.17, 15) is 13.2 Å². The van der Waals surface area contributed by atoms with E-state index in [1.165, 1.54) is 0 Å². The smallest absolute Gasteiger partial charge is 0.301 e. The Morgan fingerprint density at radius 1 is 0.960 bits per heavy atom. The van der Waals surface area contributed by atoms with E-state index in [4.69, 9.17) is 34.8 Å². The lowest BCUT2D eigenvalue weighted by Crippen LogP contribution is -2.50. The predicted molar refractivity (Wildman–Crippen MR) is 97.9 cm³/mol. The van der Waals surface area contributed by atoms with Crippen LogP contribution in [0.1, 0.15) is 65.2 Å². The summed E-state index contributed by atoms with van der Waals surface area (Å²) in [4.78, 5) is 0. The molecule has 2 N–H and O–H groups in total. The number of rotatable bonds is 3. The summed E-state index contributed by atoms with van der Waals surface area (Å²) in [6, 6.07) is -0.0304. The van der Waals surface area contributed by atoms with Crippen molar-refractivity contribution in [2.24, 2.45) is 16.7 Å². The van der Waals surface area contributed by atoms with E-state index in [1.807, 2.05) is 6.92 Å². The van der Waals surface area contributed by atoms with Crippen molar-refractivity contribution in [2.45, 2.75) is 81.3 Å². The molecule has 0 aromatic heterocycles. The first-order chi connectivity index (χ1) is 11.4. The summed E-state index contributed by atoms with van der Waals surface area (Å²) in [7, 11) is 0. The lowest BCUT2D eigenvalue weighted by molar-refractivity contribution is -0.210. The minimum atomic E-state index is -4.15. The van der Waals surface area contributed by atoms with Gasteiger partial charge in [-0.1, -0.05) is 67.9 Å². The summed E-state index contributed by atoms with van der Waals surface area (Å²) >= 11 is 17.1. The van der Waals surface area contributed by atoms with E-state index in [0.717, 1.165) is 25.7 Å². The van der Waals surface area contributed by atoms with Gasteiger partial charge in [-0.25, -0.2) is 0 Å². The highest BCUT2D eigenvalue weighted by Gasteiger charge is 2.56. The molecular formula is C17H28Cl3F3N2. The quantitative estimate of drug-likeness (QED) is 0.323. The number of alkyl halides is 6.